The molecule has 10 N–H and O–H groups in total. The summed E-state index contributed by atoms with van der Waals surface area (Å²) < 4.78 is 0. The van der Waals surface area contributed by atoms with Crippen LogP contribution in [0.3, 0.4) is 0 Å². The maximum absolute atomic E-state index is 13.5. The average molecular weight is 535 g/mol. The van der Waals surface area contributed by atoms with Crippen molar-refractivity contribution in [3.8, 4) is 5.75 Å². The summed E-state index contributed by atoms with van der Waals surface area (Å²) in [5.74, 6) is -2.56. The van der Waals surface area contributed by atoms with Gasteiger partial charge in [-0.2, -0.15) is 0 Å². The summed E-state index contributed by atoms with van der Waals surface area (Å²) in [4.78, 5) is 52.6. The van der Waals surface area contributed by atoms with Crippen LogP contribution in [0.2, 0.25) is 0 Å². The molecule has 3 amide bonds. The molecule has 12 nitrogen and oxygen atoms in total. The summed E-state index contributed by atoms with van der Waals surface area (Å²) in [6.45, 7) is 1.27. The second kappa shape index (κ2) is 15.9. The summed E-state index contributed by atoms with van der Waals surface area (Å²) in [5, 5.41) is 24.4. The molecule has 212 valence electrons. The van der Waals surface area contributed by atoms with Crippen molar-refractivity contribution in [1.82, 2.24) is 15.5 Å². The van der Waals surface area contributed by atoms with Crippen molar-refractivity contribution in [2.24, 2.45) is 17.2 Å². The number of carbonyl (C=O) groups is 4. The molecule has 0 saturated carbocycles. The minimum Gasteiger partial charge on any atom is -0.508 e. The minimum absolute atomic E-state index is 0.0157. The minimum atomic E-state index is -1.21. The highest BCUT2D eigenvalue weighted by Crippen LogP contribution is 2.21. The monoisotopic (exact) mass is 534 g/mol. The Bertz CT molecular complexity index is 927. The zero-order valence-corrected chi connectivity index (χ0v) is 21.8. The van der Waals surface area contributed by atoms with Crippen molar-refractivity contribution in [2.45, 2.75) is 82.0 Å². The van der Waals surface area contributed by atoms with Crippen LogP contribution in [-0.2, 0) is 25.6 Å². The molecule has 2 rings (SSSR count). The number of unbranched alkanes of at least 4 members (excludes halogenated alkanes) is 2. The number of phenolic OH excluding ortho intramolecular Hbond substituents is 1. The molecule has 1 heterocycles. The Morgan fingerprint density at radius 3 is 2.18 bits per heavy atom. The van der Waals surface area contributed by atoms with Gasteiger partial charge in [0.25, 0.3) is 0 Å². The van der Waals surface area contributed by atoms with Crippen LogP contribution in [0.4, 0.5) is 0 Å². The Hall–Kier alpha value is -3.22. The molecule has 1 saturated heterocycles. The summed E-state index contributed by atoms with van der Waals surface area (Å²) in [6, 6.07) is 2.34. The number of hydrogen-bond acceptors (Lipinski definition) is 8. The van der Waals surface area contributed by atoms with E-state index in [2.05, 4.69) is 10.6 Å². The number of nitrogens with one attached hydrogen (secondary N) is 2. The lowest BCUT2D eigenvalue weighted by molar-refractivity contribution is -0.145. The van der Waals surface area contributed by atoms with Crippen molar-refractivity contribution >= 4 is 23.7 Å². The van der Waals surface area contributed by atoms with Gasteiger partial charge in [0, 0.05) is 13.0 Å². The van der Waals surface area contributed by atoms with Crippen LogP contribution in [0, 0.1) is 0 Å². The maximum atomic E-state index is 13.5. The number of hydrogen-bond donors (Lipinski definition) is 7. The Kier molecular flexibility index (Phi) is 13.0. The number of phenols is 1. The van der Waals surface area contributed by atoms with Crippen LogP contribution >= 0.6 is 0 Å². The van der Waals surface area contributed by atoms with E-state index in [1.54, 1.807) is 12.1 Å². The Balaban J connectivity index is 2.09. The topological polar surface area (TPSA) is 214 Å². The van der Waals surface area contributed by atoms with Gasteiger partial charge in [-0.25, -0.2) is 4.79 Å². The Morgan fingerprint density at radius 2 is 1.58 bits per heavy atom. The van der Waals surface area contributed by atoms with E-state index >= 15 is 0 Å². The number of carboxylic acids is 1. The van der Waals surface area contributed by atoms with E-state index < -0.39 is 47.9 Å². The second-order valence-corrected chi connectivity index (χ2v) is 9.70. The zero-order chi connectivity index (χ0) is 28.1. The third-order valence-electron chi connectivity index (χ3n) is 6.70. The van der Waals surface area contributed by atoms with E-state index in [0.29, 0.717) is 70.1 Å². The molecule has 12 heteroatoms. The highest BCUT2D eigenvalue weighted by Gasteiger charge is 2.39. The van der Waals surface area contributed by atoms with Gasteiger partial charge in [-0.3, -0.25) is 14.4 Å². The van der Waals surface area contributed by atoms with Gasteiger partial charge >= 0.3 is 5.97 Å². The quantitative estimate of drug-likeness (QED) is 0.137. The zero-order valence-electron chi connectivity index (χ0n) is 21.8. The summed E-state index contributed by atoms with van der Waals surface area (Å²) >= 11 is 0. The summed E-state index contributed by atoms with van der Waals surface area (Å²) in [6.07, 6.45) is 4.47. The van der Waals surface area contributed by atoms with E-state index in [4.69, 9.17) is 17.2 Å². The van der Waals surface area contributed by atoms with Gasteiger partial charge < -0.3 is 42.9 Å². The van der Waals surface area contributed by atoms with Crippen LogP contribution in [0.5, 0.6) is 5.75 Å². The number of aliphatic carboxylic acids is 1. The normalized spacial score (nSPS) is 17.4. The summed E-state index contributed by atoms with van der Waals surface area (Å²) in [5.41, 5.74) is 17.7. The van der Waals surface area contributed by atoms with Gasteiger partial charge in [-0.05, 0) is 75.7 Å². The number of nitrogens with two attached hydrogens (primary N) is 3. The maximum Gasteiger partial charge on any atom is 0.326 e. The lowest BCUT2D eigenvalue weighted by Gasteiger charge is -2.30. The molecule has 4 atom stereocenters. The first-order valence-corrected chi connectivity index (χ1v) is 13.3. The predicted octanol–water partition coefficient (Wildman–Crippen LogP) is -0.435. The molecule has 0 aliphatic carbocycles. The van der Waals surface area contributed by atoms with Crippen LogP contribution in [0.1, 0.15) is 56.9 Å². The first-order valence-electron chi connectivity index (χ1n) is 13.3. The molecule has 1 aromatic rings. The smallest absolute Gasteiger partial charge is 0.326 e. The van der Waals surface area contributed by atoms with E-state index in [1.807, 2.05) is 0 Å². The molecule has 1 aromatic carbocycles. The number of carboxylic acid groups (broad SMARTS) is 1. The molecule has 1 aliphatic heterocycles. The summed E-state index contributed by atoms with van der Waals surface area (Å²) in [7, 11) is 0. The molecule has 1 aliphatic rings. The first kappa shape index (κ1) is 31.0. The van der Waals surface area contributed by atoms with Crippen LogP contribution in [0.15, 0.2) is 24.3 Å². The van der Waals surface area contributed by atoms with Gasteiger partial charge in [0.15, 0.2) is 0 Å². The fraction of sp³-hybridized carbons (Fsp3) is 0.615. The number of rotatable bonds is 16. The number of nitrogens with zero attached hydrogens (tertiary/aromatic N) is 1. The number of likely N-dealkylation sites (tertiary alicyclic amines) is 1. The third kappa shape index (κ3) is 9.58. The van der Waals surface area contributed by atoms with Gasteiger partial charge in [0.2, 0.25) is 17.7 Å². The average Bonchev–Trinajstić information content (AvgIpc) is 3.38. The lowest BCUT2D eigenvalue weighted by atomic mass is 10.0. The van der Waals surface area contributed by atoms with E-state index in [0.717, 1.165) is 6.42 Å². The molecular weight excluding hydrogens is 492 g/mol. The molecular formula is C26H42N6O6. The van der Waals surface area contributed by atoms with Crippen molar-refractivity contribution in [1.29, 1.82) is 0 Å². The van der Waals surface area contributed by atoms with Gasteiger partial charge in [0.1, 0.15) is 23.9 Å². The SMILES string of the molecule is NCCCCC(N)C(=O)NC(CCCCN)C(=O)N1CCCC1C(=O)NC(Cc1ccc(O)cc1)C(=O)O. The number of aromatic hydroxyl groups is 1. The third-order valence-corrected chi connectivity index (χ3v) is 6.70. The van der Waals surface area contributed by atoms with Gasteiger partial charge in [-0.1, -0.05) is 18.6 Å². The van der Waals surface area contributed by atoms with Crippen LogP contribution < -0.4 is 27.8 Å². The molecule has 0 bridgehead atoms. The van der Waals surface area contributed by atoms with Gasteiger partial charge in [-0.15, -0.1) is 0 Å². The fourth-order valence-corrected chi connectivity index (χ4v) is 4.51. The standard InChI is InChI=1S/C26H42N6O6/c27-13-3-1-6-19(29)23(34)30-20(7-2-4-14-28)25(36)32-15-5-8-22(32)24(35)31-21(26(37)38)16-17-9-11-18(33)12-10-17/h9-12,19-22,33H,1-8,13-16,27-29H2,(H,30,34)(H,31,35)(H,37,38). The Labute approximate surface area is 223 Å². The number of amides is 3. The van der Waals surface area contributed by atoms with Crippen LogP contribution in [0.25, 0.3) is 0 Å². The van der Waals surface area contributed by atoms with Crippen molar-refractivity contribution < 1.29 is 29.4 Å². The highest BCUT2D eigenvalue weighted by atomic mass is 16.4. The lowest BCUT2D eigenvalue weighted by Crippen LogP contribution is -2.57. The Morgan fingerprint density at radius 1 is 0.947 bits per heavy atom. The largest absolute Gasteiger partial charge is 0.508 e. The van der Waals surface area contributed by atoms with Crippen molar-refractivity contribution in [2.75, 3.05) is 19.6 Å². The highest BCUT2D eigenvalue weighted by molar-refractivity contribution is 5.94. The first-order chi connectivity index (χ1) is 18.2. The number of carbonyl (C=O) groups excluding carboxylic acids is 3. The van der Waals surface area contributed by atoms with Crippen molar-refractivity contribution in [3.63, 3.8) is 0 Å². The van der Waals surface area contributed by atoms with E-state index in [1.165, 1.54) is 17.0 Å². The van der Waals surface area contributed by atoms with E-state index in [9.17, 15) is 29.4 Å². The number of benzene rings is 1. The molecule has 0 radical (unpaired) electrons. The molecule has 4 unspecified atom stereocenters. The van der Waals surface area contributed by atoms with Crippen molar-refractivity contribution in [3.05, 3.63) is 29.8 Å². The molecule has 1 fully saturated rings. The molecule has 0 spiro atoms. The second-order valence-electron chi connectivity index (χ2n) is 9.70. The van der Waals surface area contributed by atoms with Gasteiger partial charge in [0.05, 0.1) is 6.04 Å². The molecule has 38 heavy (non-hydrogen) atoms. The fourth-order valence-electron chi connectivity index (χ4n) is 4.51. The van der Waals surface area contributed by atoms with Crippen LogP contribution in [-0.4, -0.2) is 82.6 Å². The van der Waals surface area contributed by atoms with E-state index in [-0.39, 0.29) is 12.2 Å². The predicted molar refractivity (Wildman–Crippen MR) is 142 cm³/mol. The molecule has 0 aromatic heterocycles.